The number of likely N-dealkylation sites (N-methyl/N-ethyl adjacent to an activating group) is 1. The van der Waals surface area contributed by atoms with Gasteiger partial charge in [-0.05, 0) is 24.6 Å². The molecular formula is C19H20Cl2N2O2. The van der Waals surface area contributed by atoms with Gasteiger partial charge in [0.2, 0.25) is 11.8 Å². The van der Waals surface area contributed by atoms with E-state index in [0.717, 1.165) is 5.56 Å². The molecule has 0 unspecified atom stereocenters. The van der Waals surface area contributed by atoms with E-state index in [2.05, 4.69) is 5.32 Å². The fraction of sp³-hybridized carbons (Fsp3) is 0.263. The molecule has 6 heteroatoms. The molecule has 0 aromatic heterocycles. The summed E-state index contributed by atoms with van der Waals surface area (Å²) in [5.74, 6) is -0.414. The Balaban J connectivity index is 2.29. The van der Waals surface area contributed by atoms with E-state index in [0.29, 0.717) is 15.6 Å². The maximum atomic E-state index is 12.9. The highest BCUT2D eigenvalue weighted by molar-refractivity contribution is 6.36. The van der Waals surface area contributed by atoms with E-state index in [1.54, 1.807) is 32.2 Å². The van der Waals surface area contributed by atoms with Gasteiger partial charge in [-0.15, -0.1) is 0 Å². The van der Waals surface area contributed by atoms with Crippen molar-refractivity contribution in [1.82, 2.24) is 10.2 Å². The number of hydrogen-bond donors (Lipinski definition) is 1. The van der Waals surface area contributed by atoms with Crippen LogP contribution in [0.2, 0.25) is 10.0 Å². The summed E-state index contributed by atoms with van der Waals surface area (Å²) in [7, 11) is 1.54. The Morgan fingerprint density at radius 2 is 1.64 bits per heavy atom. The Kier molecular flexibility index (Phi) is 6.85. The van der Waals surface area contributed by atoms with E-state index in [1.807, 2.05) is 30.3 Å². The van der Waals surface area contributed by atoms with E-state index in [9.17, 15) is 9.59 Å². The number of rotatable bonds is 6. The molecule has 0 fully saturated rings. The molecule has 2 amide bonds. The van der Waals surface area contributed by atoms with Gasteiger partial charge in [-0.2, -0.15) is 0 Å². The molecular weight excluding hydrogens is 359 g/mol. The third kappa shape index (κ3) is 4.97. The maximum absolute atomic E-state index is 12.9. The molecule has 0 aliphatic rings. The van der Waals surface area contributed by atoms with Crippen LogP contribution in [0.4, 0.5) is 0 Å². The molecule has 0 aliphatic heterocycles. The van der Waals surface area contributed by atoms with Crippen LogP contribution in [0.5, 0.6) is 0 Å². The fourth-order valence-electron chi connectivity index (χ4n) is 2.52. The SMILES string of the molecule is CNC(=O)[C@@H](C)N(Cc1c(Cl)cccc1Cl)C(=O)Cc1ccccc1. The first-order chi connectivity index (χ1) is 11.9. The number of halogens is 2. The second-order valence-electron chi connectivity index (χ2n) is 5.67. The summed E-state index contributed by atoms with van der Waals surface area (Å²) in [4.78, 5) is 26.5. The molecule has 2 aromatic rings. The van der Waals surface area contributed by atoms with Crippen LogP contribution in [-0.4, -0.2) is 29.8 Å². The molecule has 2 aromatic carbocycles. The number of nitrogens with one attached hydrogen (secondary N) is 1. The topological polar surface area (TPSA) is 49.4 Å². The maximum Gasteiger partial charge on any atom is 0.242 e. The molecule has 0 radical (unpaired) electrons. The number of carbonyl (C=O) groups excluding carboxylic acids is 2. The molecule has 0 saturated carbocycles. The standard InChI is InChI=1S/C19H20Cl2N2O2/c1-13(19(25)22-2)23(12-15-16(20)9-6-10-17(15)21)18(24)11-14-7-4-3-5-8-14/h3-10,13H,11-12H2,1-2H3,(H,22,25)/t13-/m1/s1. The predicted molar refractivity (Wildman–Crippen MR) is 101 cm³/mol. The van der Waals surface area contributed by atoms with Gasteiger partial charge < -0.3 is 10.2 Å². The van der Waals surface area contributed by atoms with Crippen molar-refractivity contribution >= 4 is 35.0 Å². The van der Waals surface area contributed by atoms with Crippen LogP contribution in [0.1, 0.15) is 18.1 Å². The fourth-order valence-corrected chi connectivity index (χ4v) is 3.03. The van der Waals surface area contributed by atoms with E-state index in [4.69, 9.17) is 23.2 Å². The Labute approximate surface area is 157 Å². The summed E-state index contributed by atoms with van der Waals surface area (Å²) in [5, 5.41) is 3.51. The molecule has 0 spiro atoms. The molecule has 132 valence electrons. The lowest BCUT2D eigenvalue weighted by atomic mass is 10.1. The minimum Gasteiger partial charge on any atom is -0.357 e. The van der Waals surface area contributed by atoms with Gasteiger partial charge in [0.15, 0.2) is 0 Å². The average Bonchev–Trinajstić information content (AvgIpc) is 2.61. The Bertz CT molecular complexity index is 730. The zero-order valence-electron chi connectivity index (χ0n) is 14.1. The minimum absolute atomic E-state index is 0.165. The lowest BCUT2D eigenvalue weighted by Gasteiger charge is -2.29. The first-order valence-corrected chi connectivity index (χ1v) is 8.67. The quantitative estimate of drug-likeness (QED) is 0.832. The van der Waals surface area contributed by atoms with Crippen molar-refractivity contribution in [1.29, 1.82) is 0 Å². The zero-order chi connectivity index (χ0) is 18.4. The molecule has 0 saturated heterocycles. The number of benzene rings is 2. The summed E-state index contributed by atoms with van der Waals surface area (Å²) in [6.45, 7) is 1.85. The summed E-state index contributed by atoms with van der Waals surface area (Å²) in [6, 6.07) is 13.9. The summed E-state index contributed by atoms with van der Waals surface area (Å²) < 4.78 is 0. The van der Waals surface area contributed by atoms with Crippen LogP contribution < -0.4 is 5.32 Å². The smallest absolute Gasteiger partial charge is 0.242 e. The van der Waals surface area contributed by atoms with Crippen LogP contribution in [0.25, 0.3) is 0 Å². The number of hydrogen-bond acceptors (Lipinski definition) is 2. The Hall–Kier alpha value is -2.04. The summed E-state index contributed by atoms with van der Waals surface area (Å²) in [5.41, 5.74) is 1.51. The first-order valence-electron chi connectivity index (χ1n) is 7.92. The lowest BCUT2D eigenvalue weighted by Crippen LogP contribution is -2.47. The Morgan fingerprint density at radius 1 is 1.04 bits per heavy atom. The van der Waals surface area contributed by atoms with Gasteiger partial charge in [-0.1, -0.05) is 59.6 Å². The summed E-state index contributed by atoms with van der Waals surface area (Å²) in [6.07, 6.45) is 0.199. The number of amides is 2. The van der Waals surface area contributed by atoms with Gasteiger partial charge in [0.1, 0.15) is 6.04 Å². The zero-order valence-corrected chi connectivity index (χ0v) is 15.6. The summed E-state index contributed by atoms with van der Waals surface area (Å²) >= 11 is 12.5. The molecule has 0 bridgehead atoms. The van der Waals surface area contributed by atoms with E-state index < -0.39 is 6.04 Å². The van der Waals surface area contributed by atoms with Crippen LogP contribution in [-0.2, 0) is 22.6 Å². The van der Waals surface area contributed by atoms with Crippen molar-refractivity contribution in [2.24, 2.45) is 0 Å². The van der Waals surface area contributed by atoms with Crippen molar-refractivity contribution in [3.05, 3.63) is 69.7 Å². The third-order valence-electron chi connectivity index (χ3n) is 4.00. The average molecular weight is 379 g/mol. The van der Waals surface area contributed by atoms with Gasteiger partial charge in [-0.3, -0.25) is 9.59 Å². The van der Waals surface area contributed by atoms with Gasteiger partial charge in [0.25, 0.3) is 0 Å². The second-order valence-corrected chi connectivity index (χ2v) is 6.49. The molecule has 1 N–H and O–H groups in total. The first kappa shape index (κ1) is 19.3. The number of carbonyl (C=O) groups is 2. The van der Waals surface area contributed by atoms with Gasteiger partial charge in [-0.25, -0.2) is 0 Å². The van der Waals surface area contributed by atoms with Crippen LogP contribution in [0, 0.1) is 0 Å². The monoisotopic (exact) mass is 378 g/mol. The van der Waals surface area contributed by atoms with Gasteiger partial charge in [0.05, 0.1) is 6.42 Å². The highest BCUT2D eigenvalue weighted by atomic mass is 35.5. The van der Waals surface area contributed by atoms with Crippen molar-refractivity contribution in [2.75, 3.05) is 7.05 Å². The van der Waals surface area contributed by atoms with E-state index in [1.165, 1.54) is 4.90 Å². The Morgan fingerprint density at radius 3 is 2.20 bits per heavy atom. The molecule has 0 heterocycles. The highest BCUT2D eigenvalue weighted by Gasteiger charge is 2.26. The normalized spacial score (nSPS) is 11.7. The molecule has 1 atom stereocenters. The largest absolute Gasteiger partial charge is 0.357 e. The van der Waals surface area contributed by atoms with Gasteiger partial charge >= 0.3 is 0 Å². The molecule has 25 heavy (non-hydrogen) atoms. The predicted octanol–water partition coefficient (Wildman–Crippen LogP) is 3.70. The highest BCUT2D eigenvalue weighted by Crippen LogP contribution is 2.26. The van der Waals surface area contributed by atoms with Gasteiger partial charge in [0, 0.05) is 29.2 Å². The van der Waals surface area contributed by atoms with Crippen molar-refractivity contribution in [3.8, 4) is 0 Å². The van der Waals surface area contributed by atoms with Crippen molar-refractivity contribution in [3.63, 3.8) is 0 Å². The van der Waals surface area contributed by atoms with Crippen LogP contribution in [0.15, 0.2) is 48.5 Å². The third-order valence-corrected chi connectivity index (χ3v) is 4.71. The number of nitrogens with zero attached hydrogens (tertiary/aromatic N) is 1. The van der Waals surface area contributed by atoms with Crippen LogP contribution in [0.3, 0.4) is 0 Å². The van der Waals surface area contributed by atoms with Crippen LogP contribution >= 0.6 is 23.2 Å². The second kappa shape index (κ2) is 8.88. The van der Waals surface area contributed by atoms with E-state index >= 15 is 0 Å². The minimum atomic E-state index is -0.645. The van der Waals surface area contributed by atoms with Crippen molar-refractivity contribution < 1.29 is 9.59 Å². The molecule has 4 nitrogen and oxygen atoms in total. The molecule has 0 aliphatic carbocycles. The lowest BCUT2D eigenvalue weighted by molar-refractivity contribution is -0.139. The molecule has 2 rings (SSSR count). The van der Waals surface area contributed by atoms with Crippen molar-refractivity contribution in [2.45, 2.75) is 25.9 Å². The van der Waals surface area contributed by atoms with E-state index in [-0.39, 0.29) is 24.8 Å².